The van der Waals surface area contributed by atoms with Crippen LogP contribution in [0.25, 0.3) is 0 Å². The number of likely N-dealkylation sites (N-methyl/N-ethyl adjacent to an activating group) is 1. The molecule has 112 valence electrons. The Morgan fingerprint density at radius 3 is 2.95 bits per heavy atom. The van der Waals surface area contributed by atoms with Crippen LogP contribution in [0.1, 0.15) is 17.0 Å². The summed E-state index contributed by atoms with van der Waals surface area (Å²) in [6, 6.07) is 3.64. The average Bonchev–Trinajstić information content (AvgIpc) is 2.89. The molecule has 5 nitrogen and oxygen atoms in total. The van der Waals surface area contributed by atoms with Gasteiger partial charge in [-0.15, -0.1) is 11.3 Å². The summed E-state index contributed by atoms with van der Waals surface area (Å²) in [5, 5.41) is 2.84. The fourth-order valence-corrected chi connectivity index (χ4v) is 2.69. The van der Waals surface area contributed by atoms with E-state index in [0.29, 0.717) is 6.42 Å². The van der Waals surface area contributed by atoms with Gasteiger partial charge in [0.2, 0.25) is 5.91 Å². The highest BCUT2D eigenvalue weighted by Gasteiger charge is 2.07. The van der Waals surface area contributed by atoms with Gasteiger partial charge in [-0.25, -0.2) is 4.98 Å². The zero-order chi connectivity index (χ0) is 15.1. The van der Waals surface area contributed by atoms with Gasteiger partial charge in [0, 0.05) is 30.6 Å². The summed E-state index contributed by atoms with van der Waals surface area (Å²) in [7, 11) is 2.04. The minimum atomic E-state index is 0.0174. The number of pyridine rings is 1. The Morgan fingerprint density at radius 1 is 1.43 bits per heavy atom. The number of aryl methyl sites for hydroxylation is 1. The fraction of sp³-hybridized carbons (Fsp3) is 0.400. The number of hydrogen-bond acceptors (Lipinski definition) is 5. The van der Waals surface area contributed by atoms with Crippen molar-refractivity contribution in [3.05, 3.63) is 40.6 Å². The fourth-order valence-electron chi connectivity index (χ4n) is 1.92. The molecule has 0 aliphatic heterocycles. The Kier molecular flexibility index (Phi) is 5.83. The molecule has 1 N–H and O–H groups in total. The van der Waals surface area contributed by atoms with Crippen LogP contribution in [0, 0.1) is 6.92 Å². The first kappa shape index (κ1) is 15.6. The van der Waals surface area contributed by atoms with Gasteiger partial charge in [-0.3, -0.25) is 9.78 Å². The largest absolute Gasteiger partial charge is 0.325 e. The van der Waals surface area contributed by atoms with E-state index in [-0.39, 0.29) is 5.91 Å². The summed E-state index contributed by atoms with van der Waals surface area (Å²) in [6.45, 7) is 3.71. The molecule has 0 atom stereocenters. The quantitative estimate of drug-likeness (QED) is 0.853. The monoisotopic (exact) mass is 304 g/mol. The predicted octanol–water partition coefficient (Wildman–Crippen LogP) is 2.35. The molecule has 6 heteroatoms. The Morgan fingerprint density at radius 2 is 2.29 bits per heavy atom. The molecule has 0 spiro atoms. The molecule has 21 heavy (non-hydrogen) atoms. The lowest BCUT2D eigenvalue weighted by Crippen LogP contribution is -2.26. The number of carbonyl (C=O) groups is 1. The third-order valence-electron chi connectivity index (χ3n) is 3.23. The summed E-state index contributed by atoms with van der Waals surface area (Å²) in [6.07, 6.45) is 4.79. The lowest BCUT2D eigenvalue weighted by molar-refractivity contribution is -0.116. The molecule has 0 bridgehead atoms. The summed E-state index contributed by atoms with van der Waals surface area (Å²) >= 11 is 1.69. The van der Waals surface area contributed by atoms with E-state index in [1.54, 1.807) is 29.8 Å². The van der Waals surface area contributed by atoms with Crippen molar-refractivity contribution in [3.63, 3.8) is 0 Å². The van der Waals surface area contributed by atoms with Crippen molar-refractivity contribution in [3.8, 4) is 0 Å². The SMILES string of the molecule is Cc1ncsc1CCN(C)CCC(=O)Nc1cccnc1. The van der Waals surface area contributed by atoms with Gasteiger partial charge in [0.1, 0.15) is 0 Å². The molecule has 0 aromatic carbocycles. The molecular weight excluding hydrogens is 284 g/mol. The van der Waals surface area contributed by atoms with E-state index in [2.05, 4.69) is 20.2 Å². The van der Waals surface area contributed by atoms with Gasteiger partial charge >= 0.3 is 0 Å². The van der Waals surface area contributed by atoms with Crippen LogP contribution in [-0.2, 0) is 11.2 Å². The zero-order valence-electron chi connectivity index (χ0n) is 12.4. The van der Waals surface area contributed by atoms with Crippen LogP contribution in [0.15, 0.2) is 30.0 Å². The molecule has 2 aromatic rings. The number of nitrogens with one attached hydrogen (secondary N) is 1. The Bertz CT molecular complexity index is 570. The third-order valence-corrected chi connectivity index (χ3v) is 4.23. The first-order valence-electron chi connectivity index (χ1n) is 6.92. The first-order valence-corrected chi connectivity index (χ1v) is 7.80. The number of nitrogens with zero attached hydrogens (tertiary/aromatic N) is 3. The minimum absolute atomic E-state index is 0.0174. The Hall–Kier alpha value is -1.79. The highest BCUT2D eigenvalue weighted by molar-refractivity contribution is 7.09. The summed E-state index contributed by atoms with van der Waals surface area (Å²) < 4.78 is 0. The molecule has 2 aromatic heterocycles. The van der Waals surface area contributed by atoms with Gasteiger partial charge in [-0.05, 0) is 32.5 Å². The van der Waals surface area contributed by atoms with E-state index in [1.807, 2.05) is 25.5 Å². The van der Waals surface area contributed by atoms with E-state index in [1.165, 1.54) is 4.88 Å². The van der Waals surface area contributed by atoms with Crippen LogP contribution in [0.3, 0.4) is 0 Å². The third kappa shape index (κ3) is 5.24. The number of thiazole rings is 1. The van der Waals surface area contributed by atoms with E-state index in [4.69, 9.17) is 0 Å². The highest BCUT2D eigenvalue weighted by atomic mass is 32.1. The van der Waals surface area contributed by atoms with Crippen LogP contribution >= 0.6 is 11.3 Å². The standard InChI is InChI=1S/C15H20N4OS/c1-12-14(21-11-17-12)5-8-19(2)9-6-15(20)18-13-4-3-7-16-10-13/h3-4,7,10-11H,5-6,8-9H2,1-2H3,(H,18,20). The molecule has 1 amide bonds. The lowest BCUT2D eigenvalue weighted by Gasteiger charge is -2.15. The van der Waals surface area contributed by atoms with Crippen LogP contribution in [-0.4, -0.2) is 40.9 Å². The van der Waals surface area contributed by atoms with Crippen LogP contribution in [0.2, 0.25) is 0 Å². The molecule has 0 saturated carbocycles. The zero-order valence-corrected chi connectivity index (χ0v) is 13.2. The van der Waals surface area contributed by atoms with Crippen LogP contribution in [0.4, 0.5) is 5.69 Å². The molecule has 0 fully saturated rings. The molecular formula is C15H20N4OS. The van der Waals surface area contributed by atoms with E-state index < -0.39 is 0 Å². The Balaban J connectivity index is 1.68. The van der Waals surface area contributed by atoms with Crippen LogP contribution in [0.5, 0.6) is 0 Å². The van der Waals surface area contributed by atoms with E-state index in [9.17, 15) is 4.79 Å². The topological polar surface area (TPSA) is 58.1 Å². The maximum absolute atomic E-state index is 11.8. The molecule has 0 aliphatic carbocycles. The number of carbonyl (C=O) groups excluding carboxylic acids is 1. The van der Waals surface area contributed by atoms with Gasteiger partial charge in [0.25, 0.3) is 0 Å². The number of anilines is 1. The highest BCUT2D eigenvalue weighted by Crippen LogP contribution is 2.13. The average molecular weight is 304 g/mol. The lowest BCUT2D eigenvalue weighted by atomic mass is 10.3. The minimum Gasteiger partial charge on any atom is -0.325 e. The second kappa shape index (κ2) is 7.85. The van der Waals surface area contributed by atoms with Crippen molar-refractivity contribution in [1.82, 2.24) is 14.9 Å². The van der Waals surface area contributed by atoms with E-state index >= 15 is 0 Å². The van der Waals surface area contributed by atoms with Crippen molar-refractivity contribution in [2.75, 3.05) is 25.5 Å². The van der Waals surface area contributed by atoms with Gasteiger partial charge in [-0.1, -0.05) is 0 Å². The number of hydrogen-bond donors (Lipinski definition) is 1. The van der Waals surface area contributed by atoms with Gasteiger partial charge in [0.15, 0.2) is 0 Å². The predicted molar refractivity (Wildman–Crippen MR) is 85.5 cm³/mol. The van der Waals surface area contributed by atoms with Gasteiger partial charge in [0.05, 0.1) is 23.1 Å². The summed E-state index contributed by atoms with van der Waals surface area (Å²) in [4.78, 5) is 23.5. The second-order valence-electron chi connectivity index (χ2n) is 4.95. The Labute approximate surface area is 129 Å². The van der Waals surface area contributed by atoms with Crippen molar-refractivity contribution >= 4 is 22.9 Å². The molecule has 0 aliphatic rings. The smallest absolute Gasteiger partial charge is 0.225 e. The second-order valence-corrected chi connectivity index (χ2v) is 5.89. The maximum atomic E-state index is 11.8. The van der Waals surface area contributed by atoms with Crippen LogP contribution < -0.4 is 5.32 Å². The summed E-state index contributed by atoms with van der Waals surface area (Å²) in [5.74, 6) is 0.0174. The molecule has 0 radical (unpaired) electrons. The van der Waals surface area contributed by atoms with Gasteiger partial charge < -0.3 is 10.2 Å². The van der Waals surface area contributed by atoms with Crippen molar-refractivity contribution < 1.29 is 4.79 Å². The maximum Gasteiger partial charge on any atom is 0.225 e. The normalized spacial score (nSPS) is 10.8. The number of aromatic nitrogens is 2. The number of rotatable bonds is 7. The first-order chi connectivity index (χ1) is 10.1. The van der Waals surface area contributed by atoms with E-state index in [0.717, 1.165) is 30.9 Å². The molecule has 2 rings (SSSR count). The van der Waals surface area contributed by atoms with Gasteiger partial charge in [-0.2, -0.15) is 0 Å². The molecule has 0 saturated heterocycles. The molecule has 0 unspecified atom stereocenters. The van der Waals surface area contributed by atoms with Crippen molar-refractivity contribution in [2.45, 2.75) is 19.8 Å². The summed E-state index contributed by atoms with van der Waals surface area (Å²) in [5.41, 5.74) is 3.74. The van der Waals surface area contributed by atoms with Crippen molar-refractivity contribution in [2.24, 2.45) is 0 Å². The number of amides is 1. The van der Waals surface area contributed by atoms with Crippen molar-refractivity contribution in [1.29, 1.82) is 0 Å². The molecule has 2 heterocycles.